The first kappa shape index (κ1) is 24.0. The van der Waals surface area contributed by atoms with E-state index >= 15 is 0 Å². The summed E-state index contributed by atoms with van der Waals surface area (Å²) in [4.78, 5) is 25.2. The molecule has 2 N–H and O–H groups in total. The Balaban J connectivity index is 1.63. The monoisotopic (exact) mass is 450 g/mol. The fourth-order valence-corrected chi connectivity index (χ4v) is 7.92. The van der Waals surface area contributed by atoms with Gasteiger partial charge in [0.1, 0.15) is 19.0 Å². The molecule has 4 rings (SSSR count). The molecular formula is C25H38O7. The minimum absolute atomic E-state index is 0.0473. The Morgan fingerprint density at radius 2 is 1.97 bits per heavy atom. The molecule has 0 heterocycles. The van der Waals surface area contributed by atoms with Crippen LogP contribution in [0.5, 0.6) is 0 Å². The van der Waals surface area contributed by atoms with Crippen LogP contribution in [0.1, 0.15) is 58.8 Å². The summed E-state index contributed by atoms with van der Waals surface area (Å²) in [6.07, 6.45) is 6.11. The molecule has 0 aromatic carbocycles. The van der Waals surface area contributed by atoms with Crippen molar-refractivity contribution in [2.75, 3.05) is 33.7 Å². The molecule has 0 aromatic rings. The number of Topliss-reactive ketones (excluding diaryl/α,β-unsaturated/α-hetero) is 1. The molecule has 7 heteroatoms. The number of carbonyl (C=O) groups excluding carboxylic acids is 2. The summed E-state index contributed by atoms with van der Waals surface area (Å²) in [7, 11) is 1.59. The van der Waals surface area contributed by atoms with Crippen molar-refractivity contribution in [3.63, 3.8) is 0 Å². The molecule has 0 unspecified atom stereocenters. The average Bonchev–Trinajstić information content (AvgIpc) is 3.06. The number of carbonyl (C=O) groups is 2. The summed E-state index contributed by atoms with van der Waals surface area (Å²) >= 11 is 0. The van der Waals surface area contributed by atoms with Crippen molar-refractivity contribution in [1.29, 1.82) is 0 Å². The van der Waals surface area contributed by atoms with Crippen LogP contribution in [-0.4, -0.2) is 67.2 Å². The van der Waals surface area contributed by atoms with E-state index in [2.05, 4.69) is 13.8 Å². The number of allylic oxidation sites excluding steroid dienone is 1. The lowest BCUT2D eigenvalue weighted by atomic mass is 9.45. The van der Waals surface area contributed by atoms with E-state index in [0.717, 1.165) is 25.7 Å². The second kappa shape index (κ2) is 8.91. The molecule has 180 valence electrons. The summed E-state index contributed by atoms with van der Waals surface area (Å²) in [6, 6.07) is 0. The van der Waals surface area contributed by atoms with Gasteiger partial charge in [-0.2, -0.15) is 0 Å². The molecule has 0 bridgehead atoms. The molecule has 4 aliphatic rings. The molecule has 7 nitrogen and oxygen atoms in total. The first-order chi connectivity index (χ1) is 15.2. The first-order valence-electron chi connectivity index (χ1n) is 12.0. The lowest BCUT2D eigenvalue weighted by Gasteiger charge is -2.61. The van der Waals surface area contributed by atoms with Crippen molar-refractivity contribution in [3.8, 4) is 0 Å². The van der Waals surface area contributed by atoms with Crippen molar-refractivity contribution in [1.82, 2.24) is 0 Å². The lowest BCUT2D eigenvalue weighted by molar-refractivity contribution is -0.220. The number of aliphatic hydroxyl groups is 2. The number of rotatable bonds is 8. The third-order valence-corrected chi connectivity index (χ3v) is 9.43. The predicted octanol–water partition coefficient (Wildman–Crippen LogP) is 2.43. The number of hydrogen-bond acceptors (Lipinski definition) is 7. The Labute approximate surface area is 190 Å². The van der Waals surface area contributed by atoms with Crippen LogP contribution in [0.15, 0.2) is 11.6 Å². The van der Waals surface area contributed by atoms with Gasteiger partial charge in [-0.05, 0) is 67.8 Å². The zero-order valence-corrected chi connectivity index (χ0v) is 19.6. The molecule has 0 aliphatic heterocycles. The highest BCUT2D eigenvalue weighted by Gasteiger charge is 2.69. The molecule has 0 aromatic heterocycles. The topological polar surface area (TPSA) is 102 Å². The van der Waals surface area contributed by atoms with Gasteiger partial charge in [0, 0.05) is 18.9 Å². The maximum Gasteiger partial charge on any atom is 0.190 e. The quantitative estimate of drug-likeness (QED) is 0.432. The number of ketones is 2. The number of methoxy groups -OCH3 is 1. The van der Waals surface area contributed by atoms with Crippen LogP contribution in [0.25, 0.3) is 0 Å². The zero-order chi connectivity index (χ0) is 23.1. The fourth-order valence-electron chi connectivity index (χ4n) is 7.92. The summed E-state index contributed by atoms with van der Waals surface area (Å²) in [5.74, 6) is 0.411. The molecule has 3 saturated carbocycles. The maximum absolute atomic E-state index is 13.1. The van der Waals surface area contributed by atoms with Gasteiger partial charge in [0.25, 0.3) is 0 Å². The second-order valence-electron chi connectivity index (χ2n) is 10.7. The zero-order valence-electron chi connectivity index (χ0n) is 19.6. The van der Waals surface area contributed by atoms with Crippen LogP contribution in [-0.2, 0) is 23.8 Å². The first-order valence-corrected chi connectivity index (χ1v) is 12.0. The normalized spacial score (nSPS) is 43.3. The number of fused-ring (bicyclic) bond motifs is 5. The van der Waals surface area contributed by atoms with Crippen LogP contribution in [0.4, 0.5) is 0 Å². The molecular weight excluding hydrogens is 412 g/mol. The van der Waals surface area contributed by atoms with Crippen molar-refractivity contribution >= 4 is 11.6 Å². The minimum Gasteiger partial charge on any atom is -0.393 e. The minimum atomic E-state index is -1.16. The number of hydrogen-bond donors (Lipinski definition) is 2. The molecule has 0 amide bonds. The predicted molar refractivity (Wildman–Crippen MR) is 117 cm³/mol. The van der Waals surface area contributed by atoms with Gasteiger partial charge in [0.15, 0.2) is 11.6 Å². The Hall–Kier alpha value is -1.12. The Kier molecular flexibility index (Phi) is 6.69. The average molecular weight is 451 g/mol. The molecule has 0 radical (unpaired) electrons. The van der Waals surface area contributed by atoms with E-state index in [9.17, 15) is 19.8 Å². The van der Waals surface area contributed by atoms with Crippen LogP contribution in [0, 0.1) is 28.6 Å². The Morgan fingerprint density at radius 3 is 2.69 bits per heavy atom. The second-order valence-corrected chi connectivity index (χ2v) is 10.7. The Morgan fingerprint density at radius 1 is 1.19 bits per heavy atom. The van der Waals surface area contributed by atoms with Crippen LogP contribution in [0.2, 0.25) is 0 Å². The summed E-state index contributed by atoms with van der Waals surface area (Å²) in [5.41, 5.74) is -0.727. The van der Waals surface area contributed by atoms with E-state index in [1.807, 2.05) is 6.08 Å². The molecule has 3 fully saturated rings. The van der Waals surface area contributed by atoms with Gasteiger partial charge in [0.2, 0.25) is 0 Å². The smallest absolute Gasteiger partial charge is 0.190 e. The Bertz CT molecular complexity index is 778. The SMILES string of the molecule is COCCOCO[C@]1(C(=O)CO)CC[C@H]2[C@@H]3CCC4=CC(=O)CC[C@]4(C)[C@H]3[C@@H](O)C[C@@]21C. The van der Waals surface area contributed by atoms with Gasteiger partial charge in [-0.15, -0.1) is 0 Å². The highest BCUT2D eigenvalue weighted by Crippen LogP contribution is 2.68. The largest absolute Gasteiger partial charge is 0.393 e. The van der Waals surface area contributed by atoms with Crippen LogP contribution in [0.3, 0.4) is 0 Å². The summed E-state index contributed by atoms with van der Waals surface area (Å²) in [5, 5.41) is 21.4. The third-order valence-electron chi connectivity index (χ3n) is 9.43. The van der Waals surface area contributed by atoms with Gasteiger partial charge in [-0.25, -0.2) is 0 Å². The van der Waals surface area contributed by atoms with Crippen LogP contribution < -0.4 is 0 Å². The van der Waals surface area contributed by atoms with E-state index in [1.165, 1.54) is 5.57 Å². The van der Waals surface area contributed by atoms with E-state index in [1.54, 1.807) is 7.11 Å². The van der Waals surface area contributed by atoms with Gasteiger partial charge in [0.05, 0.1) is 19.3 Å². The van der Waals surface area contributed by atoms with E-state index in [4.69, 9.17) is 14.2 Å². The number of aliphatic hydroxyl groups excluding tert-OH is 2. The lowest BCUT2D eigenvalue weighted by Crippen LogP contribution is -2.63. The van der Waals surface area contributed by atoms with E-state index in [-0.39, 0.29) is 41.5 Å². The summed E-state index contributed by atoms with van der Waals surface area (Å²) in [6.45, 7) is 4.44. The van der Waals surface area contributed by atoms with Crippen molar-refractivity contribution in [3.05, 3.63) is 11.6 Å². The summed E-state index contributed by atoms with van der Waals surface area (Å²) < 4.78 is 16.7. The highest BCUT2D eigenvalue weighted by molar-refractivity contribution is 5.92. The van der Waals surface area contributed by atoms with Gasteiger partial charge >= 0.3 is 0 Å². The van der Waals surface area contributed by atoms with Crippen molar-refractivity contribution in [2.24, 2.45) is 28.6 Å². The van der Waals surface area contributed by atoms with E-state index in [0.29, 0.717) is 32.5 Å². The standard InChI is InChI=1S/C25H38O7/c1-23-8-6-17(27)12-16(23)4-5-18-19-7-9-25(21(29)14-26,32-15-31-11-10-30-3)24(19,2)13-20(28)22(18)23/h12,18-20,22,26,28H,4-11,13-15H2,1-3H3/t18-,19-,20-,22+,23-,24-,25-/m0/s1. The fraction of sp³-hybridized carbons (Fsp3) is 0.840. The number of ether oxygens (including phenoxy) is 3. The maximum atomic E-state index is 13.1. The molecule has 32 heavy (non-hydrogen) atoms. The van der Waals surface area contributed by atoms with E-state index < -0.39 is 23.7 Å². The molecule has 0 spiro atoms. The van der Waals surface area contributed by atoms with Crippen LogP contribution >= 0.6 is 0 Å². The van der Waals surface area contributed by atoms with Gasteiger partial charge < -0.3 is 24.4 Å². The molecule has 4 aliphatic carbocycles. The third kappa shape index (κ3) is 3.52. The molecule has 0 saturated heterocycles. The highest BCUT2D eigenvalue weighted by atomic mass is 16.7. The van der Waals surface area contributed by atoms with Gasteiger partial charge in [-0.1, -0.05) is 19.4 Å². The molecule has 7 atom stereocenters. The van der Waals surface area contributed by atoms with Crippen molar-refractivity contribution in [2.45, 2.75) is 70.5 Å². The van der Waals surface area contributed by atoms with Gasteiger partial charge in [-0.3, -0.25) is 9.59 Å². The van der Waals surface area contributed by atoms with Crippen molar-refractivity contribution < 1.29 is 34.0 Å².